The van der Waals surface area contributed by atoms with Gasteiger partial charge in [-0.3, -0.25) is 0 Å². The number of hydrogen-bond donors (Lipinski definition) is 1. The minimum absolute atomic E-state index is 0.713. The lowest BCUT2D eigenvalue weighted by Crippen LogP contribution is -2.04. The summed E-state index contributed by atoms with van der Waals surface area (Å²) in [5.74, 6) is 1.86. The van der Waals surface area contributed by atoms with Crippen molar-refractivity contribution in [1.29, 1.82) is 0 Å². The molecule has 20 heavy (non-hydrogen) atoms. The number of hydrogen-bond acceptors (Lipinski definition) is 3. The molecule has 2 rings (SSSR count). The molecular weight excluding hydrogens is 334 g/mol. The van der Waals surface area contributed by atoms with E-state index in [1.165, 1.54) is 10.5 Å². The van der Waals surface area contributed by atoms with Gasteiger partial charge in [0.25, 0.3) is 0 Å². The molecule has 0 atom stereocenters. The molecule has 4 heteroatoms. The van der Waals surface area contributed by atoms with E-state index in [0.717, 1.165) is 22.5 Å². The van der Waals surface area contributed by atoms with Crippen LogP contribution < -0.4 is 10.1 Å². The lowest BCUT2D eigenvalue weighted by Gasteiger charge is -2.07. The van der Waals surface area contributed by atoms with Gasteiger partial charge in [-0.2, -0.15) is 0 Å². The molecule has 0 radical (unpaired) electrons. The number of ether oxygens (including phenoxy) is 1. The summed E-state index contributed by atoms with van der Waals surface area (Å²) in [6.45, 7) is 1.63. The molecule has 2 aromatic carbocycles. The summed E-state index contributed by atoms with van der Waals surface area (Å²) in [5, 5.41) is 3.15. The summed E-state index contributed by atoms with van der Waals surface area (Å²) in [4.78, 5) is 1.28. The minimum Gasteiger partial charge on any atom is -0.493 e. The van der Waals surface area contributed by atoms with Crippen molar-refractivity contribution in [1.82, 2.24) is 5.32 Å². The van der Waals surface area contributed by atoms with Gasteiger partial charge in [0.1, 0.15) is 5.75 Å². The number of thioether (sulfide) groups is 1. The Morgan fingerprint density at radius 1 is 1.05 bits per heavy atom. The topological polar surface area (TPSA) is 21.3 Å². The quantitative estimate of drug-likeness (QED) is 0.592. The summed E-state index contributed by atoms with van der Waals surface area (Å²) >= 11 is 5.23. The zero-order valence-corrected chi connectivity index (χ0v) is 13.8. The summed E-state index contributed by atoms with van der Waals surface area (Å²) in [5.41, 5.74) is 1.31. The molecule has 0 unspecified atom stereocenters. The van der Waals surface area contributed by atoms with Crippen molar-refractivity contribution in [2.75, 3.05) is 19.4 Å². The fourth-order valence-corrected chi connectivity index (χ4v) is 2.75. The van der Waals surface area contributed by atoms with Crippen molar-refractivity contribution < 1.29 is 4.74 Å². The maximum Gasteiger partial charge on any atom is 0.119 e. The van der Waals surface area contributed by atoms with E-state index >= 15 is 0 Å². The van der Waals surface area contributed by atoms with Gasteiger partial charge in [0.2, 0.25) is 0 Å². The number of halogens is 1. The van der Waals surface area contributed by atoms with Gasteiger partial charge in [-0.1, -0.05) is 28.1 Å². The first-order valence-electron chi connectivity index (χ1n) is 6.52. The lowest BCUT2D eigenvalue weighted by atomic mass is 10.2. The van der Waals surface area contributed by atoms with Crippen molar-refractivity contribution in [3.8, 4) is 5.75 Å². The van der Waals surface area contributed by atoms with Gasteiger partial charge in [0.15, 0.2) is 0 Å². The predicted molar refractivity (Wildman–Crippen MR) is 89.6 cm³/mol. The van der Waals surface area contributed by atoms with Gasteiger partial charge in [-0.05, 0) is 49.0 Å². The largest absolute Gasteiger partial charge is 0.493 e. The van der Waals surface area contributed by atoms with Crippen molar-refractivity contribution >= 4 is 27.7 Å². The Bertz CT molecular complexity index is 513. The molecule has 0 spiro atoms. The molecule has 106 valence electrons. The average molecular weight is 352 g/mol. The maximum absolute atomic E-state index is 5.69. The molecule has 0 amide bonds. The molecule has 0 saturated heterocycles. The van der Waals surface area contributed by atoms with Crippen molar-refractivity contribution in [3.63, 3.8) is 0 Å². The Kier molecular flexibility index (Phi) is 6.43. The van der Waals surface area contributed by atoms with Gasteiger partial charge in [0, 0.05) is 21.7 Å². The average Bonchev–Trinajstić information content (AvgIpc) is 2.47. The Balaban J connectivity index is 1.71. The number of rotatable bonds is 7. The van der Waals surface area contributed by atoms with E-state index in [4.69, 9.17) is 4.74 Å². The normalized spacial score (nSPS) is 10.5. The highest BCUT2D eigenvalue weighted by atomic mass is 79.9. The third-order valence-corrected chi connectivity index (χ3v) is 4.24. The molecule has 0 aliphatic heterocycles. The van der Waals surface area contributed by atoms with Crippen LogP contribution in [0.3, 0.4) is 0 Å². The summed E-state index contributed by atoms with van der Waals surface area (Å²) < 4.78 is 6.76. The van der Waals surface area contributed by atoms with E-state index in [2.05, 4.69) is 45.5 Å². The monoisotopic (exact) mass is 351 g/mol. The van der Waals surface area contributed by atoms with Gasteiger partial charge in [0.05, 0.1) is 6.61 Å². The van der Waals surface area contributed by atoms with Crippen LogP contribution >= 0.6 is 27.7 Å². The summed E-state index contributed by atoms with van der Waals surface area (Å²) in [6, 6.07) is 16.6. The highest BCUT2D eigenvalue weighted by Gasteiger charge is 1.97. The summed E-state index contributed by atoms with van der Waals surface area (Å²) in [7, 11) is 1.96. The molecule has 0 aliphatic carbocycles. The highest BCUT2D eigenvalue weighted by molar-refractivity contribution is 9.10. The van der Waals surface area contributed by atoms with Gasteiger partial charge in [-0.25, -0.2) is 0 Å². The van der Waals surface area contributed by atoms with Crippen LogP contribution in [0.25, 0.3) is 0 Å². The number of nitrogens with one attached hydrogen (secondary N) is 1. The fourth-order valence-electron chi connectivity index (χ4n) is 1.76. The van der Waals surface area contributed by atoms with E-state index in [1.54, 1.807) is 0 Å². The number of benzene rings is 2. The molecule has 0 aliphatic rings. The Labute approximate surface area is 133 Å². The second kappa shape index (κ2) is 8.35. The van der Waals surface area contributed by atoms with Crippen molar-refractivity contribution in [3.05, 3.63) is 58.6 Å². The second-order valence-electron chi connectivity index (χ2n) is 4.33. The van der Waals surface area contributed by atoms with Crippen LogP contribution in [0.15, 0.2) is 57.9 Å². The zero-order valence-electron chi connectivity index (χ0n) is 11.4. The summed E-state index contributed by atoms with van der Waals surface area (Å²) in [6.07, 6.45) is 0. The van der Waals surface area contributed by atoms with Gasteiger partial charge in [-0.15, -0.1) is 11.8 Å². The molecule has 2 nitrogen and oxygen atoms in total. The van der Waals surface area contributed by atoms with E-state index in [-0.39, 0.29) is 0 Å². The van der Waals surface area contributed by atoms with Crippen LogP contribution in [0.2, 0.25) is 0 Å². The first-order valence-corrected chi connectivity index (χ1v) is 8.30. The Hall–Kier alpha value is -0.970. The Morgan fingerprint density at radius 2 is 1.75 bits per heavy atom. The first-order chi connectivity index (χ1) is 9.78. The molecule has 0 aromatic heterocycles. The smallest absolute Gasteiger partial charge is 0.119 e. The predicted octanol–water partition coefficient (Wildman–Crippen LogP) is 4.34. The van der Waals surface area contributed by atoms with Crippen LogP contribution in [0, 0.1) is 0 Å². The Morgan fingerprint density at radius 3 is 2.40 bits per heavy atom. The van der Waals surface area contributed by atoms with Crippen LogP contribution in [-0.2, 0) is 6.54 Å². The van der Waals surface area contributed by atoms with E-state index in [1.807, 2.05) is 43.1 Å². The van der Waals surface area contributed by atoms with Crippen LogP contribution in [0.5, 0.6) is 5.75 Å². The third-order valence-electron chi connectivity index (χ3n) is 2.74. The molecule has 1 N–H and O–H groups in total. The van der Waals surface area contributed by atoms with Crippen molar-refractivity contribution in [2.24, 2.45) is 0 Å². The molecule has 0 saturated carbocycles. The standard InChI is InChI=1S/C16H18BrNOS/c1-18-12-13-2-8-16(9-3-13)20-11-10-19-15-6-4-14(17)5-7-15/h2-9,18H,10-12H2,1H3. The van der Waals surface area contributed by atoms with Crippen molar-refractivity contribution in [2.45, 2.75) is 11.4 Å². The third kappa shape index (κ3) is 5.19. The van der Waals surface area contributed by atoms with Crippen LogP contribution in [0.4, 0.5) is 0 Å². The highest BCUT2D eigenvalue weighted by Crippen LogP contribution is 2.20. The molecule has 0 bridgehead atoms. The molecular formula is C16H18BrNOS. The molecule has 2 aromatic rings. The molecule has 0 fully saturated rings. The van der Waals surface area contributed by atoms with E-state index in [0.29, 0.717) is 6.61 Å². The van der Waals surface area contributed by atoms with E-state index in [9.17, 15) is 0 Å². The second-order valence-corrected chi connectivity index (χ2v) is 6.41. The van der Waals surface area contributed by atoms with Gasteiger partial charge >= 0.3 is 0 Å². The van der Waals surface area contributed by atoms with Crippen LogP contribution in [0.1, 0.15) is 5.56 Å². The fraction of sp³-hybridized carbons (Fsp3) is 0.250. The van der Waals surface area contributed by atoms with Crippen LogP contribution in [-0.4, -0.2) is 19.4 Å². The minimum atomic E-state index is 0.713. The first kappa shape index (κ1) is 15.4. The lowest BCUT2D eigenvalue weighted by molar-refractivity contribution is 0.344. The van der Waals surface area contributed by atoms with Gasteiger partial charge < -0.3 is 10.1 Å². The SMILES string of the molecule is CNCc1ccc(SCCOc2ccc(Br)cc2)cc1. The maximum atomic E-state index is 5.69. The molecule has 0 heterocycles. The zero-order chi connectivity index (χ0) is 14.2. The van der Waals surface area contributed by atoms with E-state index < -0.39 is 0 Å².